The Balaban J connectivity index is 1.55. The fourth-order valence-corrected chi connectivity index (χ4v) is 4.76. The van der Waals surface area contributed by atoms with E-state index in [4.69, 9.17) is 14.2 Å². The van der Waals surface area contributed by atoms with Crippen molar-refractivity contribution in [2.45, 2.75) is 53.8 Å². The second-order valence-corrected chi connectivity index (χ2v) is 9.42. The lowest BCUT2D eigenvalue weighted by molar-refractivity contribution is 0.112. The zero-order chi connectivity index (χ0) is 27.1. The van der Waals surface area contributed by atoms with Crippen LogP contribution in [0.3, 0.4) is 0 Å². The van der Waals surface area contributed by atoms with Crippen LogP contribution >= 0.6 is 0 Å². The van der Waals surface area contributed by atoms with E-state index in [9.17, 15) is 4.79 Å². The Kier molecular flexibility index (Phi) is 8.85. The van der Waals surface area contributed by atoms with Crippen LogP contribution in [0.1, 0.15) is 57.6 Å². The minimum Gasteiger partial charge on any atom is -0.497 e. The molecule has 4 heteroatoms. The van der Waals surface area contributed by atoms with Gasteiger partial charge in [-0.05, 0) is 108 Å². The maximum absolute atomic E-state index is 11.1. The second kappa shape index (κ2) is 12.5. The van der Waals surface area contributed by atoms with Crippen molar-refractivity contribution in [2.75, 3.05) is 7.11 Å². The van der Waals surface area contributed by atoms with E-state index in [0.29, 0.717) is 18.8 Å². The summed E-state index contributed by atoms with van der Waals surface area (Å²) in [6, 6.07) is 24.3. The second-order valence-electron chi connectivity index (χ2n) is 9.42. The highest BCUT2D eigenvalue weighted by molar-refractivity contribution is 5.75. The monoisotopic (exact) mass is 508 g/mol. The van der Waals surface area contributed by atoms with Crippen LogP contribution in [-0.4, -0.2) is 13.4 Å². The van der Waals surface area contributed by atoms with Gasteiger partial charge >= 0.3 is 0 Å². The van der Waals surface area contributed by atoms with E-state index in [2.05, 4.69) is 64.1 Å². The molecule has 0 aliphatic carbocycles. The van der Waals surface area contributed by atoms with Crippen LogP contribution in [0.25, 0.3) is 11.1 Å². The van der Waals surface area contributed by atoms with Crippen LogP contribution in [0.2, 0.25) is 0 Å². The summed E-state index contributed by atoms with van der Waals surface area (Å²) in [6.45, 7) is 9.46. The van der Waals surface area contributed by atoms with Gasteiger partial charge in [-0.3, -0.25) is 4.79 Å². The Hall–Kier alpha value is -4.05. The van der Waals surface area contributed by atoms with E-state index in [1.54, 1.807) is 13.2 Å². The van der Waals surface area contributed by atoms with Gasteiger partial charge in [0.05, 0.1) is 7.11 Å². The molecule has 0 bridgehead atoms. The average molecular weight is 509 g/mol. The van der Waals surface area contributed by atoms with Crippen LogP contribution in [0.4, 0.5) is 0 Å². The molecule has 4 aromatic carbocycles. The van der Waals surface area contributed by atoms with E-state index in [1.807, 2.05) is 30.3 Å². The number of aryl methyl sites for hydroxylation is 2. The largest absolute Gasteiger partial charge is 0.497 e. The first-order chi connectivity index (χ1) is 18.5. The molecular weight excluding hydrogens is 472 g/mol. The molecule has 0 spiro atoms. The highest BCUT2D eigenvalue weighted by Gasteiger charge is 2.13. The van der Waals surface area contributed by atoms with Crippen molar-refractivity contribution in [3.8, 4) is 28.4 Å². The van der Waals surface area contributed by atoms with Gasteiger partial charge in [-0.1, -0.05) is 50.2 Å². The molecule has 0 aromatic heterocycles. The Bertz CT molecular complexity index is 1420. The number of hydrogen-bond donors (Lipinski definition) is 0. The number of ether oxygens (including phenoxy) is 3. The zero-order valence-electron chi connectivity index (χ0n) is 23.0. The third kappa shape index (κ3) is 5.91. The Morgan fingerprint density at radius 3 is 1.68 bits per heavy atom. The topological polar surface area (TPSA) is 44.8 Å². The van der Waals surface area contributed by atoms with Gasteiger partial charge in [0.2, 0.25) is 0 Å². The highest BCUT2D eigenvalue weighted by Crippen LogP contribution is 2.32. The molecule has 38 heavy (non-hydrogen) atoms. The predicted octanol–water partition coefficient (Wildman–Crippen LogP) is 8.07. The molecule has 4 rings (SSSR count). The first-order valence-corrected chi connectivity index (χ1v) is 13.2. The number of methoxy groups -OCH3 is 1. The standard InChI is InChI=1S/C34H36O4/c1-6-26-18-25(20-35)14-16-33(26)37-21-28-10-8-12-31(23(28)3)32-13-9-11-29(24(32)4)22-38-34-17-15-30(36-5)19-27(34)7-2/h8-20H,6-7,21-22H2,1-5H3. The number of hydrogen-bond acceptors (Lipinski definition) is 4. The molecule has 0 saturated carbocycles. The SMILES string of the molecule is CCc1cc(C=O)ccc1OCc1cccc(-c2cccc(COc3ccc(OC)cc3CC)c2C)c1C. The minimum absolute atomic E-state index is 0.465. The van der Waals surface area contributed by atoms with Gasteiger partial charge in [0.1, 0.15) is 36.7 Å². The summed E-state index contributed by atoms with van der Waals surface area (Å²) < 4.78 is 17.9. The highest BCUT2D eigenvalue weighted by atomic mass is 16.5. The molecule has 4 aromatic rings. The molecule has 0 fully saturated rings. The fraction of sp³-hybridized carbons (Fsp3) is 0.265. The lowest BCUT2D eigenvalue weighted by atomic mass is 9.92. The number of carbonyl (C=O) groups is 1. The van der Waals surface area contributed by atoms with Crippen molar-refractivity contribution >= 4 is 6.29 Å². The predicted molar refractivity (Wildman–Crippen MR) is 154 cm³/mol. The van der Waals surface area contributed by atoms with Gasteiger partial charge in [0, 0.05) is 5.56 Å². The zero-order valence-corrected chi connectivity index (χ0v) is 23.0. The van der Waals surface area contributed by atoms with Gasteiger partial charge in [0.25, 0.3) is 0 Å². The molecule has 0 aliphatic heterocycles. The maximum Gasteiger partial charge on any atom is 0.150 e. The molecule has 0 amide bonds. The molecule has 0 heterocycles. The van der Waals surface area contributed by atoms with E-state index >= 15 is 0 Å². The molecular formula is C34H36O4. The summed E-state index contributed by atoms with van der Waals surface area (Å²) in [4.78, 5) is 11.1. The number of rotatable bonds is 11. The quantitative estimate of drug-likeness (QED) is 0.192. The van der Waals surface area contributed by atoms with E-state index in [0.717, 1.165) is 58.6 Å². The number of carbonyl (C=O) groups excluding carboxylic acids is 1. The number of benzene rings is 4. The Morgan fingerprint density at radius 1 is 0.658 bits per heavy atom. The molecule has 0 radical (unpaired) electrons. The van der Waals surface area contributed by atoms with Crippen molar-refractivity contribution in [1.29, 1.82) is 0 Å². The molecule has 0 atom stereocenters. The fourth-order valence-electron chi connectivity index (χ4n) is 4.76. The van der Waals surface area contributed by atoms with Crippen LogP contribution in [0, 0.1) is 13.8 Å². The van der Waals surface area contributed by atoms with Crippen LogP contribution in [0.15, 0.2) is 72.8 Å². The van der Waals surface area contributed by atoms with Gasteiger partial charge in [-0.15, -0.1) is 0 Å². The first-order valence-electron chi connectivity index (χ1n) is 13.2. The first kappa shape index (κ1) is 27.0. The van der Waals surface area contributed by atoms with Gasteiger partial charge < -0.3 is 14.2 Å². The maximum atomic E-state index is 11.1. The number of aldehydes is 1. The lowest BCUT2D eigenvalue weighted by Gasteiger charge is -2.18. The van der Waals surface area contributed by atoms with Crippen molar-refractivity contribution < 1.29 is 19.0 Å². The average Bonchev–Trinajstić information content (AvgIpc) is 2.96. The minimum atomic E-state index is 0.465. The molecule has 0 unspecified atom stereocenters. The Morgan fingerprint density at radius 2 is 1.18 bits per heavy atom. The molecule has 196 valence electrons. The summed E-state index contributed by atoms with van der Waals surface area (Å²) in [7, 11) is 1.68. The molecule has 0 N–H and O–H groups in total. The van der Waals surface area contributed by atoms with Crippen LogP contribution in [0.5, 0.6) is 17.2 Å². The van der Waals surface area contributed by atoms with Crippen molar-refractivity contribution in [3.63, 3.8) is 0 Å². The van der Waals surface area contributed by atoms with Gasteiger partial charge in [0.15, 0.2) is 0 Å². The van der Waals surface area contributed by atoms with E-state index < -0.39 is 0 Å². The summed E-state index contributed by atoms with van der Waals surface area (Å²) >= 11 is 0. The summed E-state index contributed by atoms with van der Waals surface area (Å²) in [5.74, 6) is 2.56. The van der Waals surface area contributed by atoms with Crippen molar-refractivity contribution in [3.05, 3.63) is 112 Å². The van der Waals surface area contributed by atoms with Crippen LogP contribution in [-0.2, 0) is 26.1 Å². The summed E-state index contributed by atoms with van der Waals surface area (Å²) in [5, 5.41) is 0. The van der Waals surface area contributed by atoms with E-state index in [-0.39, 0.29) is 0 Å². The van der Waals surface area contributed by atoms with Crippen LogP contribution < -0.4 is 14.2 Å². The van der Waals surface area contributed by atoms with Crippen molar-refractivity contribution in [1.82, 2.24) is 0 Å². The van der Waals surface area contributed by atoms with Gasteiger partial charge in [-0.25, -0.2) is 0 Å². The summed E-state index contributed by atoms with van der Waals surface area (Å²) in [6.07, 6.45) is 2.55. The summed E-state index contributed by atoms with van der Waals surface area (Å²) in [5.41, 5.74) is 9.92. The molecule has 0 saturated heterocycles. The molecule has 0 aliphatic rings. The third-order valence-electron chi connectivity index (χ3n) is 7.20. The Labute approximate surface area is 226 Å². The smallest absolute Gasteiger partial charge is 0.150 e. The van der Waals surface area contributed by atoms with E-state index in [1.165, 1.54) is 22.3 Å². The van der Waals surface area contributed by atoms with Gasteiger partial charge in [-0.2, -0.15) is 0 Å². The third-order valence-corrected chi connectivity index (χ3v) is 7.20. The van der Waals surface area contributed by atoms with Crippen molar-refractivity contribution in [2.24, 2.45) is 0 Å². The lowest BCUT2D eigenvalue weighted by Crippen LogP contribution is -2.03. The normalized spacial score (nSPS) is 10.8. The molecule has 4 nitrogen and oxygen atoms in total.